The predicted octanol–water partition coefficient (Wildman–Crippen LogP) is 2.95. The number of hydrogen-bond acceptors (Lipinski definition) is 2. The van der Waals surface area contributed by atoms with Crippen molar-refractivity contribution < 1.29 is 9.53 Å². The molecular weight excluding hydrogens is 200 g/mol. The molecule has 4 unspecified atom stereocenters. The van der Waals surface area contributed by atoms with Gasteiger partial charge in [0.1, 0.15) is 5.60 Å². The lowest BCUT2D eigenvalue weighted by atomic mass is 9.81. The highest BCUT2D eigenvalue weighted by molar-refractivity contribution is 5.87. The van der Waals surface area contributed by atoms with Crippen molar-refractivity contribution >= 4 is 5.78 Å². The molecule has 3 fully saturated rings. The summed E-state index contributed by atoms with van der Waals surface area (Å²) in [6, 6.07) is 0. The molecule has 0 amide bonds. The number of ether oxygens (including phenoxy) is 1. The molecule has 2 aliphatic carbocycles. The van der Waals surface area contributed by atoms with E-state index in [1.165, 1.54) is 25.7 Å². The molecule has 2 heteroatoms. The monoisotopic (exact) mass is 222 g/mol. The maximum Gasteiger partial charge on any atom is 0.164 e. The smallest absolute Gasteiger partial charge is 0.164 e. The Kier molecular flexibility index (Phi) is 2.58. The van der Waals surface area contributed by atoms with Crippen LogP contribution in [0.4, 0.5) is 0 Å². The van der Waals surface area contributed by atoms with Gasteiger partial charge in [0.2, 0.25) is 0 Å². The largest absolute Gasteiger partial charge is 0.368 e. The molecule has 2 saturated carbocycles. The van der Waals surface area contributed by atoms with Crippen LogP contribution in [0.1, 0.15) is 51.9 Å². The van der Waals surface area contributed by atoms with Gasteiger partial charge in [0.15, 0.2) is 5.78 Å². The zero-order valence-corrected chi connectivity index (χ0v) is 10.2. The van der Waals surface area contributed by atoms with Crippen LogP contribution in [-0.4, -0.2) is 18.0 Å². The number of Topliss-reactive ketones (excluding diaryl/α,β-unsaturated/α-hetero) is 1. The van der Waals surface area contributed by atoms with Crippen LogP contribution in [0, 0.1) is 17.8 Å². The molecule has 0 aromatic rings. The highest BCUT2D eigenvalue weighted by Crippen LogP contribution is 2.50. The average molecular weight is 222 g/mol. The fourth-order valence-corrected chi connectivity index (χ4v) is 4.08. The highest BCUT2D eigenvalue weighted by atomic mass is 16.5. The average Bonchev–Trinajstić information content (AvgIpc) is 2.93. The van der Waals surface area contributed by atoms with Crippen molar-refractivity contribution in [3.63, 3.8) is 0 Å². The molecule has 1 heterocycles. The summed E-state index contributed by atoms with van der Waals surface area (Å²) >= 11 is 0. The molecule has 2 nitrogen and oxygen atoms in total. The summed E-state index contributed by atoms with van der Waals surface area (Å²) in [5.41, 5.74) is -0.429. The van der Waals surface area contributed by atoms with E-state index in [4.69, 9.17) is 4.74 Å². The minimum Gasteiger partial charge on any atom is -0.368 e. The summed E-state index contributed by atoms with van der Waals surface area (Å²) in [5, 5.41) is 0. The fourth-order valence-electron chi connectivity index (χ4n) is 4.08. The zero-order valence-electron chi connectivity index (χ0n) is 10.2. The number of rotatable bonds is 3. The van der Waals surface area contributed by atoms with Gasteiger partial charge in [-0.3, -0.25) is 4.79 Å². The van der Waals surface area contributed by atoms with Gasteiger partial charge in [-0.05, 0) is 56.8 Å². The molecule has 3 rings (SSSR count). The van der Waals surface area contributed by atoms with Crippen molar-refractivity contribution in [3.05, 3.63) is 0 Å². The molecular formula is C14H22O2. The molecule has 90 valence electrons. The standard InChI is InChI=1S/C14H22O2/c1-14(5-2-6-16-14)13(15)9-12-8-10-3-4-11(12)7-10/h10-12H,2-9H2,1H3. The van der Waals surface area contributed by atoms with E-state index in [9.17, 15) is 4.79 Å². The van der Waals surface area contributed by atoms with Gasteiger partial charge in [-0.25, -0.2) is 0 Å². The van der Waals surface area contributed by atoms with Crippen LogP contribution in [0.3, 0.4) is 0 Å². The second kappa shape index (κ2) is 3.83. The first-order valence-corrected chi connectivity index (χ1v) is 6.85. The molecule has 0 aromatic carbocycles. The summed E-state index contributed by atoms with van der Waals surface area (Å²) in [6.45, 7) is 2.77. The Labute approximate surface area is 97.7 Å². The number of fused-ring (bicyclic) bond motifs is 2. The predicted molar refractivity (Wildman–Crippen MR) is 62.2 cm³/mol. The third-order valence-corrected chi connectivity index (χ3v) is 5.14. The van der Waals surface area contributed by atoms with Gasteiger partial charge in [-0.1, -0.05) is 6.42 Å². The quantitative estimate of drug-likeness (QED) is 0.734. The maximum absolute atomic E-state index is 12.3. The van der Waals surface area contributed by atoms with Crippen LogP contribution >= 0.6 is 0 Å². The van der Waals surface area contributed by atoms with Crippen molar-refractivity contribution in [2.45, 2.75) is 57.5 Å². The van der Waals surface area contributed by atoms with E-state index >= 15 is 0 Å². The van der Waals surface area contributed by atoms with Gasteiger partial charge in [-0.15, -0.1) is 0 Å². The molecule has 16 heavy (non-hydrogen) atoms. The lowest BCUT2D eigenvalue weighted by molar-refractivity contribution is -0.138. The van der Waals surface area contributed by atoms with E-state index in [-0.39, 0.29) is 0 Å². The van der Waals surface area contributed by atoms with E-state index in [2.05, 4.69) is 0 Å². The summed E-state index contributed by atoms with van der Waals surface area (Å²) in [7, 11) is 0. The lowest BCUT2D eigenvalue weighted by Crippen LogP contribution is -2.36. The Balaban J connectivity index is 1.60. The lowest BCUT2D eigenvalue weighted by Gasteiger charge is -2.26. The maximum atomic E-state index is 12.3. The van der Waals surface area contributed by atoms with Gasteiger partial charge >= 0.3 is 0 Å². The van der Waals surface area contributed by atoms with Crippen LogP contribution in [-0.2, 0) is 9.53 Å². The number of ketones is 1. The molecule has 0 N–H and O–H groups in total. The molecule has 0 aromatic heterocycles. The minimum atomic E-state index is -0.429. The second-order valence-corrected chi connectivity index (χ2v) is 6.25. The van der Waals surface area contributed by atoms with E-state index in [0.717, 1.165) is 37.7 Å². The Bertz CT molecular complexity index is 291. The molecule has 4 atom stereocenters. The van der Waals surface area contributed by atoms with Crippen LogP contribution in [0.25, 0.3) is 0 Å². The summed E-state index contributed by atoms with van der Waals surface area (Å²) in [4.78, 5) is 12.3. The number of carbonyl (C=O) groups is 1. The highest BCUT2D eigenvalue weighted by Gasteiger charge is 2.44. The van der Waals surface area contributed by atoms with Crippen molar-refractivity contribution in [1.29, 1.82) is 0 Å². The molecule has 2 bridgehead atoms. The fraction of sp³-hybridized carbons (Fsp3) is 0.929. The topological polar surface area (TPSA) is 26.3 Å². The van der Waals surface area contributed by atoms with Crippen molar-refractivity contribution in [2.75, 3.05) is 6.61 Å². The van der Waals surface area contributed by atoms with E-state index in [1.807, 2.05) is 6.92 Å². The molecule has 0 radical (unpaired) electrons. The zero-order chi connectivity index (χ0) is 11.2. The van der Waals surface area contributed by atoms with Crippen LogP contribution in [0.2, 0.25) is 0 Å². The number of carbonyl (C=O) groups excluding carboxylic acids is 1. The van der Waals surface area contributed by atoms with Crippen molar-refractivity contribution in [1.82, 2.24) is 0 Å². The molecule has 1 saturated heterocycles. The molecule has 0 spiro atoms. The Morgan fingerprint density at radius 2 is 2.25 bits per heavy atom. The van der Waals surface area contributed by atoms with Gasteiger partial charge in [0.05, 0.1) is 0 Å². The summed E-state index contributed by atoms with van der Waals surface area (Å²) in [5.74, 6) is 2.87. The second-order valence-electron chi connectivity index (χ2n) is 6.25. The van der Waals surface area contributed by atoms with Gasteiger partial charge in [-0.2, -0.15) is 0 Å². The van der Waals surface area contributed by atoms with E-state index < -0.39 is 5.60 Å². The van der Waals surface area contributed by atoms with Crippen molar-refractivity contribution in [2.24, 2.45) is 17.8 Å². The van der Waals surface area contributed by atoms with Crippen molar-refractivity contribution in [3.8, 4) is 0 Å². The SMILES string of the molecule is CC1(C(=O)CC2CC3CCC2C3)CCCO1. The van der Waals surface area contributed by atoms with Gasteiger partial charge in [0.25, 0.3) is 0 Å². The van der Waals surface area contributed by atoms with Gasteiger partial charge < -0.3 is 4.74 Å². The first-order valence-electron chi connectivity index (χ1n) is 6.85. The Hall–Kier alpha value is -0.370. The van der Waals surface area contributed by atoms with Crippen LogP contribution in [0.5, 0.6) is 0 Å². The normalized spacial score (nSPS) is 46.4. The minimum absolute atomic E-state index is 0.377. The molecule has 1 aliphatic heterocycles. The Morgan fingerprint density at radius 3 is 2.81 bits per heavy atom. The first kappa shape index (κ1) is 10.8. The van der Waals surface area contributed by atoms with Crippen LogP contribution in [0.15, 0.2) is 0 Å². The van der Waals surface area contributed by atoms with E-state index in [1.54, 1.807) is 0 Å². The van der Waals surface area contributed by atoms with Crippen LogP contribution < -0.4 is 0 Å². The Morgan fingerprint density at radius 1 is 1.38 bits per heavy atom. The van der Waals surface area contributed by atoms with Gasteiger partial charge in [0, 0.05) is 13.0 Å². The summed E-state index contributed by atoms with van der Waals surface area (Å²) < 4.78 is 5.64. The summed E-state index contributed by atoms with van der Waals surface area (Å²) in [6.07, 6.45) is 8.29. The number of hydrogen-bond donors (Lipinski definition) is 0. The first-order chi connectivity index (χ1) is 7.67. The van der Waals surface area contributed by atoms with E-state index in [0.29, 0.717) is 11.7 Å². The molecule has 3 aliphatic rings. The third kappa shape index (κ3) is 1.71. The third-order valence-electron chi connectivity index (χ3n) is 5.14.